The lowest BCUT2D eigenvalue weighted by Crippen LogP contribution is -1.83. The quantitative estimate of drug-likeness (QED) is 0.822. The lowest BCUT2D eigenvalue weighted by Gasteiger charge is -2.00. The molecule has 0 N–H and O–H groups in total. The Kier molecular flexibility index (Phi) is 2.54. The largest absolute Gasteiger partial charge is 0.411 e. The van der Waals surface area contributed by atoms with Crippen molar-refractivity contribution in [2.24, 2.45) is 0 Å². The Morgan fingerprint density at radius 3 is 2.93 bits per heavy atom. The Balaban J connectivity index is 2.18. The molecule has 0 saturated heterocycles. The van der Waals surface area contributed by atoms with Crippen LogP contribution < -0.4 is 4.74 Å². The van der Waals surface area contributed by atoms with E-state index in [0.29, 0.717) is 4.67 Å². The molecule has 4 heteroatoms. The van der Waals surface area contributed by atoms with E-state index in [-0.39, 0.29) is 6.08 Å². The minimum atomic E-state index is 0.238. The Bertz CT molecular complexity index is 439. The maximum Gasteiger partial charge on any atom is 0.400 e. The summed E-state index contributed by atoms with van der Waals surface area (Å²) in [6.07, 6.45) is 1.79. The van der Waals surface area contributed by atoms with Gasteiger partial charge in [-0.3, -0.25) is 0 Å². The van der Waals surface area contributed by atoms with Crippen molar-refractivity contribution in [3.63, 3.8) is 0 Å². The number of oxazole rings is 1. The monoisotopic (exact) mass is 253 g/mol. The first-order valence-electron chi connectivity index (χ1n) is 4.10. The van der Waals surface area contributed by atoms with E-state index in [0.717, 1.165) is 11.3 Å². The zero-order chi connectivity index (χ0) is 9.97. The molecule has 72 valence electrons. The summed E-state index contributed by atoms with van der Waals surface area (Å²) in [4.78, 5) is 3.90. The van der Waals surface area contributed by atoms with Crippen molar-refractivity contribution in [2.45, 2.75) is 6.92 Å². The predicted octanol–water partition coefficient (Wildman–Crippen LogP) is 3.54. The highest BCUT2D eigenvalue weighted by molar-refractivity contribution is 9.10. The van der Waals surface area contributed by atoms with Crippen LogP contribution in [-0.2, 0) is 0 Å². The van der Waals surface area contributed by atoms with Gasteiger partial charge in [-0.25, -0.2) is 0 Å². The smallest absolute Gasteiger partial charge is 0.400 e. The molecule has 2 rings (SSSR count). The van der Waals surface area contributed by atoms with Gasteiger partial charge in [0.15, 0.2) is 4.67 Å². The van der Waals surface area contributed by atoms with Gasteiger partial charge in [-0.1, -0.05) is 12.1 Å². The molecule has 1 aromatic carbocycles. The standard InChI is InChI=1S/C10H8BrNO2/c1-7-3-2-4-8(5-7)13-10-12-6-9(11)14-10/h2-6H,1H3. The lowest BCUT2D eigenvalue weighted by atomic mass is 10.2. The first-order valence-corrected chi connectivity index (χ1v) is 4.89. The van der Waals surface area contributed by atoms with Crippen LogP contribution in [0.1, 0.15) is 5.56 Å². The molecule has 0 unspecified atom stereocenters. The topological polar surface area (TPSA) is 35.3 Å². The number of ether oxygens (including phenoxy) is 1. The fourth-order valence-corrected chi connectivity index (χ4v) is 1.31. The summed E-state index contributed by atoms with van der Waals surface area (Å²) in [6, 6.07) is 7.68. The number of aromatic nitrogens is 1. The van der Waals surface area contributed by atoms with Gasteiger partial charge < -0.3 is 9.15 Å². The van der Waals surface area contributed by atoms with Crippen LogP contribution >= 0.6 is 15.9 Å². The van der Waals surface area contributed by atoms with E-state index in [1.54, 1.807) is 6.20 Å². The van der Waals surface area contributed by atoms with Crippen molar-refractivity contribution in [3.8, 4) is 11.8 Å². The fraction of sp³-hybridized carbons (Fsp3) is 0.100. The summed E-state index contributed by atoms with van der Waals surface area (Å²) in [7, 11) is 0. The molecule has 0 aliphatic rings. The van der Waals surface area contributed by atoms with Crippen molar-refractivity contribution in [1.82, 2.24) is 4.98 Å². The highest BCUT2D eigenvalue weighted by atomic mass is 79.9. The van der Waals surface area contributed by atoms with Crippen LogP contribution in [0, 0.1) is 6.92 Å². The average molecular weight is 254 g/mol. The van der Waals surface area contributed by atoms with Gasteiger partial charge in [-0.05, 0) is 40.5 Å². The number of benzene rings is 1. The maximum atomic E-state index is 5.37. The van der Waals surface area contributed by atoms with Crippen LogP contribution in [-0.4, -0.2) is 4.98 Å². The minimum absolute atomic E-state index is 0.238. The second kappa shape index (κ2) is 3.84. The van der Waals surface area contributed by atoms with E-state index >= 15 is 0 Å². The molecule has 0 aliphatic heterocycles. The van der Waals surface area contributed by atoms with Crippen molar-refractivity contribution in [1.29, 1.82) is 0 Å². The molecular weight excluding hydrogens is 246 g/mol. The summed E-state index contributed by atoms with van der Waals surface area (Å²) in [5.41, 5.74) is 1.13. The molecule has 0 radical (unpaired) electrons. The fourth-order valence-electron chi connectivity index (χ4n) is 1.07. The highest BCUT2D eigenvalue weighted by Crippen LogP contribution is 2.23. The second-order valence-electron chi connectivity index (χ2n) is 2.85. The van der Waals surface area contributed by atoms with E-state index in [1.165, 1.54) is 0 Å². The number of rotatable bonds is 2. The molecule has 3 nitrogen and oxygen atoms in total. The molecule has 0 saturated carbocycles. The molecule has 0 fully saturated rings. The van der Waals surface area contributed by atoms with Crippen LogP contribution in [0.5, 0.6) is 11.8 Å². The van der Waals surface area contributed by atoms with E-state index in [1.807, 2.05) is 31.2 Å². The predicted molar refractivity (Wildman–Crippen MR) is 55.5 cm³/mol. The van der Waals surface area contributed by atoms with E-state index in [9.17, 15) is 0 Å². The number of hydrogen-bond donors (Lipinski definition) is 0. The van der Waals surface area contributed by atoms with Gasteiger partial charge in [0.2, 0.25) is 0 Å². The lowest BCUT2D eigenvalue weighted by molar-refractivity contribution is 0.323. The third-order valence-corrected chi connectivity index (χ3v) is 2.02. The summed E-state index contributed by atoms with van der Waals surface area (Å²) in [6.45, 7) is 2.00. The molecule has 1 heterocycles. The van der Waals surface area contributed by atoms with Gasteiger partial charge in [-0.2, -0.15) is 4.98 Å². The molecule has 0 amide bonds. The van der Waals surface area contributed by atoms with Crippen molar-refractivity contribution in [3.05, 3.63) is 40.7 Å². The SMILES string of the molecule is Cc1cccc(Oc2ncc(Br)o2)c1. The number of aryl methyl sites for hydroxylation is 1. The van der Waals surface area contributed by atoms with Gasteiger partial charge in [0.25, 0.3) is 0 Å². The van der Waals surface area contributed by atoms with Gasteiger partial charge in [0.1, 0.15) is 5.75 Å². The summed E-state index contributed by atoms with van der Waals surface area (Å²) in [5, 5.41) is 0. The van der Waals surface area contributed by atoms with Crippen LogP contribution in [0.4, 0.5) is 0 Å². The van der Waals surface area contributed by atoms with Crippen molar-refractivity contribution in [2.75, 3.05) is 0 Å². The molecule has 0 spiro atoms. The number of halogens is 1. The van der Waals surface area contributed by atoms with E-state index < -0.39 is 0 Å². The molecule has 0 atom stereocenters. The second-order valence-corrected chi connectivity index (χ2v) is 3.63. The highest BCUT2D eigenvalue weighted by Gasteiger charge is 2.03. The summed E-state index contributed by atoms with van der Waals surface area (Å²) < 4.78 is 11.0. The van der Waals surface area contributed by atoms with Crippen molar-refractivity contribution < 1.29 is 9.15 Å². The molecular formula is C10H8BrNO2. The molecule has 0 bridgehead atoms. The third-order valence-electron chi connectivity index (χ3n) is 1.65. The van der Waals surface area contributed by atoms with Crippen molar-refractivity contribution >= 4 is 15.9 Å². The average Bonchev–Trinajstić information content (AvgIpc) is 2.51. The molecule has 2 aromatic rings. The van der Waals surface area contributed by atoms with Gasteiger partial charge in [0, 0.05) is 0 Å². The van der Waals surface area contributed by atoms with E-state index in [4.69, 9.17) is 9.15 Å². The zero-order valence-electron chi connectivity index (χ0n) is 7.53. The molecule has 1 aromatic heterocycles. The van der Waals surface area contributed by atoms with Crippen LogP contribution in [0.3, 0.4) is 0 Å². The van der Waals surface area contributed by atoms with Crippen LogP contribution in [0.2, 0.25) is 0 Å². The summed E-state index contributed by atoms with van der Waals surface area (Å²) >= 11 is 3.15. The Hall–Kier alpha value is -1.29. The van der Waals surface area contributed by atoms with Gasteiger partial charge in [0.05, 0.1) is 6.20 Å². The summed E-state index contributed by atoms with van der Waals surface area (Å²) in [5.74, 6) is 0.722. The van der Waals surface area contributed by atoms with Crippen LogP contribution in [0.15, 0.2) is 39.5 Å². The third kappa shape index (κ3) is 2.14. The molecule has 14 heavy (non-hydrogen) atoms. The van der Waals surface area contributed by atoms with E-state index in [2.05, 4.69) is 20.9 Å². The molecule has 0 aliphatic carbocycles. The minimum Gasteiger partial charge on any atom is -0.411 e. The number of hydrogen-bond acceptors (Lipinski definition) is 3. The van der Waals surface area contributed by atoms with Gasteiger partial charge >= 0.3 is 6.08 Å². The Labute approximate surface area is 89.8 Å². The normalized spacial score (nSPS) is 10.1. The Morgan fingerprint density at radius 2 is 2.29 bits per heavy atom. The first-order chi connectivity index (χ1) is 6.74. The number of nitrogens with zero attached hydrogens (tertiary/aromatic N) is 1. The van der Waals surface area contributed by atoms with Crippen LogP contribution in [0.25, 0.3) is 0 Å². The van der Waals surface area contributed by atoms with Gasteiger partial charge in [-0.15, -0.1) is 0 Å². The zero-order valence-corrected chi connectivity index (χ0v) is 9.11. The Morgan fingerprint density at radius 1 is 1.43 bits per heavy atom. The maximum absolute atomic E-state index is 5.37. The first kappa shape index (κ1) is 9.27.